The summed E-state index contributed by atoms with van der Waals surface area (Å²) in [6, 6.07) is 22.4. The van der Waals surface area contributed by atoms with Gasteiger partial charge in [-0.2, -0.15) is 5.26 Å². The third-order valence-electron chi connectivity index (χ3n) is 11.2. The van der Waals surface area contributed by atoms with Gasteiger partial charge in [-0.15, -0.1) is 0 Å². The second-order valence-electron chi connectivity index (χ2n) is 15.6. The number of likely N-dealkylation sites (tertiary alicyclic amines) is 2. The first-order chi connectivity index (χ1) is 25.9. The molecule has 0 spiro atoms. The third-order valence-corrected chi connectivity index (χ3v) is 11.2. The van der Waals surface area contributed by atoms with Crippen molar-refractivity contribution in [1.82, 2.24) is 24.8 Å². The van der Waals surface area contributed by atoms with E-state index in [4.69, 9.17) is 14.4 Å². The van der Waals surface area contributed by atoms with Crippen molar-refractivity contribution in [3.63, 3.8) is 0 Å². The molecule has 3 N–H and O–H groups in total. The molecular formula is C43H43N7O4. The number of hydrogen-bond acceptors (Lipinski definition) is 10. The minimum atomic E-state index is -0.783. The van der Waals surface area contributed by atoms with Crippen LogP contribution in [-0.2, 0) is 17.9 Å². The Balaban J connectivity index is 1.06. The molecule has 11 heteroatoms. The van der Waals surface area contributed by atoms with E-state index in [0.717, 1.165) is 75.0 Å². The Morgan fingerprint density at radius 3 is 2.39 bits per heavy atom. The largest absolute Gasteiger partial charge is 0.481 e. The highest BCUT2D eigenvalue weighted by atomic mass is 16.4. The zero-order valence-electron chi connectivity index (χ0n) is 31.0. The molecule has 0 bridgehead atoms. The Bertz CT molecular complexity index is 2480. The summed E-state index contributed by atoms with van der Waals surface area (Å²) in [5.74, 6) is 0.327. The van der Waals surface area contributed by atoms with E-state index >= 15 is 0 Å². The molecule has 6 aromatic rings. The second kappa shape index (κ2) is 13.6. The lowest BCUT2D eigenvalue weighted by atomic mass is 9.90. The van der Waals surface area contributed by atoms with Gasteiger partial charge in [-0.05, 0) is 117 Å². The van der Waals surface area contributed by atoms with E-state index in [-0.39, 0.29) is 0 Å². The van der Waals surface area contributed by atoms with E-state index in [0.29, 0.717) is 61.0 Å². The van der Waals surface area contributed by atoms with Crippen LogP contribution < -0.4 is 5.32 Å². The smallest absolute Gasteiger partial charge is 0.310 e. The van der Waals surface area contributed by atoms with Crippen LogP contribution in [0.1, 0.15) is 54.5 Å². The Labute approximate surface area is 313 Å². The van der Waals surface area contributed by atoms with Gasteiger partial charge in [0.25, 0.3) is 0 Å². The number of carboxylic acid groups (broad SMARTS) is 1. The number of hydrogen-bond donors (Lipinski definition) is 3. The number of fused-ring (bicyclic) bond motifs is 2. The number of carbonyl (C=O) groups is 1. The van der Waals surface area contributed by atoms with Crippen molar-refractivity contribution in [2.75, 3.05) is 31.5 Å². The first kappa shape index (κ1) is 35.4. The normalized spacial score (nSPS) is 20.5. The molecule has 3 aromatic carbocycles. The molecule has 2 saturated heterocycles. The number of β-amino-alcohol motifs (C(OH)–C–C–N with tert-alkyl or cyclic N) is 1. The summed E-state index contributed by atoms with van der Waals surface area (Å²) >= 11 is 0. The predicted molar refractivity (Wildman–Crippen MR) is 208 cm³/mol. The number of pyridine rings is 2. The first-order valence-electron chi connectivity index (χ1n) is 18.3. The maximum atomic E-state index is 11.8. The van der Waals surface area contributed by atoms with Gasteiger partial charge in [-0.1, -0.05) is 24.3 Å². The Kier molecular flexibility index (Phi) is 8.93. The zero-order chi connectivity index (χ0) is 37.8. The molecule has 274 valence electrons. The number of nitrogens with one attached hydrogen (secondary N) is 1. The van der Waals surface area contributed by atoms with Crippen molar-refractivity contribution in [2.24, 2.45) is 5.41 Å². The number of nitrogens with zero attached hydrogens (tertiary/aromatic N) is 6. The summed E-state index contributed by atoms with van der Waals surface area (Å²) in [6.07, 6.45) is 5.05. The van der Waals surface area contributed by atoms with Gasteiger partial charge in [0.1, 0.15) is 17.1 Å². The van der Waals surface area contributed by atoms with Gasteiger partial charge in [-0.25, -0.2) is 9.97 Å². The highest BCUT2D eigenvalue weighted by Crippen LogP contribution is 2.38. The summed E-state index contributed by atoms with van der Waals surface area (Å²) in [5, 5.41) is 34.7. The molecule has 2 aliphatic rings. The van der Waals surface area contributed by atoms with Crippen molar-refractivity contribution in [1.29, 1.82) is 5.26 Å². The van der Waals surface area contributed by atoms with Crippen molar-refractivity contribution in [2.45, 2.75) is 59.2 Å². The molecule has 11 nitrogen and oxygen atoms in total. The van der Waals surface area contributed by atoms with Crippen LogP contribution in [0.5, 0.6) is 0 Å². The van der Waals surface area contributed by atoms with Crippen molar-refractivity contribution < 1.29 is 19.4 Å². The summed E-state index contributed by atoms with van der Waals surface area (Å²) < 4.78 is 6.30. The number of nitriles is 1. The molecule has 3 aromatic heterocycles. The molecule has 0 saturated carbocycles. The number of anilines is 2. The van der Waals surface area contributed by atoms with Gasteiger partial charge < -0.3 is 19.9 Å². The van der Waals surface area contributed by atoms with E-state index in [1.807, 2.05) is 55.6 Å². The summed E-state index contributed by atoms with van der Waals surface area (Å²) in [5.41, 5.74) is 8.66. The fraction of sp³-hybridized carbons (Fsp3) is 0.326. The number of carboxylic acids is 1. The lowest BCUT2D eigenvalue weighted by Gasteiger charge is -2.20. The van der Waals surface area contributed by atoms with Gasteiger partial charge in [0.2, 0.25) is 5.89 Å². The highest BCUT2D eigenvalue weighted by Gasteiger charge is 2.40. The van der Waals surface area contributed by atoms with E-state index in [9.17, 15) is 20.3 Å². The van der Waals surface area contributed by atoms with Gasteiger partial charge >= 0.3 is 5.97 Å². The summed E-state index contributed by atoms with van der Waals surface area (Å²) in [4.78, 5) is 30.5. The van der Waals surface area contributed by atoms with Crippen LogP contribution in [0.2, 0.25) is 0 Å². The molecule has 2 atom stereocenters. The zero-order valence-corrected chi connectivity index (χ0v) is 31.0. The first-order valence-corrected chi connectivity index (χ1v) is 18.3. The molecule has 0 radical (unpaired) electrons. The van der Waals surface area contributed by atoms with Crippen LogP contribution >= 0.6 is 0 Å². The van der Waals surface area contributed by atoms with Gasteiger partial charge in [0.05, 0.1) is 16.6 Å². The van der Waals surface area contributed by atoms with Crippen molar-refractivity contribution in [3.8, 4) is 28.7 Å². The lowest BCUT2D eigenvalue weighted by Crippen LogP contribution is -2.31. The fourth-order valence-corrected chi connectivity index (χ4v) is 8.07. The van der Waals surface area contributed by atoms with Crippen molar-refractivity contribution in [3.05, 3.63) is 101 Å². The maximum Gasteiger partial charge on any atom is 0.310 e. The van der Waals surface area contributed by atoms with E-state index in [1.165, 1.54) is 0 Å². The number of aromatic nitrogens is 3. The standard InChI is InChI=1S/C43H43N7O4/c1-26-32(7-5-9-34(26)40-48-36-19-28(17-31(20-44)38(36)54-40)22-49-15-12-42(3,24-49)41(51)52)33-8-6-10-35(27(33)2)47-39-37-30(11-14-45-39)18-29(21-46-37)23-50-16-13-43(4,53)25-50/h5-11,14,17-19,21,53H,12-13,15-16,22-25H2,1-4H3,(H,45,47)(H,51,52). The molecule has 54 heavy (non-hydrogen) atoms. The fourth-order valence-electron chi connectivity index (χ4n) is 8.07. The predicted octanol–water partition coefficient (Wildman–Crippen LogP) is 7.59. The van der Waals surface area contributed by atoms with E-state index in [1.54, 1.807) is 13.1 Å². The minimum Gasteiger partial charge on any atom is -0.481 e. The topological polar surface area (TPSA) is 152 Å². The average molecular weight is 722 g/mol. The molecule has 0 aliphatic carbocycles. The molecule has 2 aliphatic heterocycles. The van der Waals surface area contributed by atoms with E-state index < -0.39 is 17.0 Å². The highest BCUT2D eigenvalue weighted by molar-refractivity contribution is 5.91. The van der Waals surface area contributed by atoms with E-state index in [2.05, 4.69) is 58.2 Å². The number of aliphatic hydroxyl groups is 1. The van der Waals surface area contributed by atoms with Crippen LogP contribution in [0.3, 0.4) is 0 Å². The summed E-state index contributed by atoms with van der Waals surface area (Å²) in [6.45, 7) is 11.7. The maximum absolute atomic E-state index is 11.8. The molecule has 5 heterocycles. The Hall–Kier alpha value is -5.67. The summed E-state index contributed by atoms with van der Waals surface area (Å²) in [7, 11) is 0. The molecular weight excluding hydrogens is 679 g/mol. The number of benzene rings is 3. The van der Waals surface area contributed by atoms with Crippen LogP contribution in [0.4, 0.5) is 11.5 Å². The lowest BCUT2D eigenvalue weighted by molar-refractivity contribution is -0.147. The Morgan fingerprint density at radius 1 is 0.926 bits per heavy atom. The quantitative estimate of drug-likeness (QED) is 0.135. The van der Waals surface area contributed by atoms with Crippen LogP contribution in [0.15, 0.2) is 77.5 Å². The van der Waals surface area contributed by atoms with Gasteiger partial charge in [0, 0.05) is 61.8 Å². The van der Waals surface area contributed by atoms with Crippen molar-refractivity contribution >= 4 is 39.5 Å². The molecule has 8 rings (SSSR count). The SMILES string of the molecule is Cc1c(Nc2nccc3cc(CN4CCC(C)(O)C4)cnc23)cccc1-c1cccc(-c2nc3cc(CN4CCC(C)(C(=O)O)C4)cc(C#N)c3o2)c1C. The van der Waals surface area contributed by atoms with Crippen LogP contribution in [-0.4, -0.2) is 72.7 Å². The molecule has 2 fully saturated rings. The minimum absolute atomic E-state index is 0.401. The van der Waals surface area contributed by atoms with Crippen LogP contribution in [0.25, 0.3) is 44.6 Å². The van der Waals surface area contributed by atoms with Gasteiger partial charge in [0.15, 0.2) is 11.4 Å². The third kappa shape index (κ3) is 6.69. The molecule has 0 amide bonds. The number of oxazole rings is 1. The monoisotopic (exact) mass is 721 g/mol. The number of aliphatic carboxylic acids is 1. The van der Waals surface area contributed by atoms with Crippen LogP contribution in [0, 0.1) is 30.6 Å². The second-order valence-corrected chi connectivity index (χ2v) is 15.6. The van der Waals surface area contributed by atoms with Gasteiger partial charge in [-0.3, -0.25) is 19.6 Å². The number of rotatable bonds is 9. The average Bonchev–Trinajstić information content (AvgIpc) is 3.85. The Morgan fingerprint density at radius 2 is 1.65 bits per heavy atom. The molecule has 2 unspecified atom stereocenters.